The smallest absolute Gasteiger partial charge is 0.416 e. The standard InChI is InChI=1S/C20H15BrF8N4O2/c1-9-15(10-2-11(19(24,25)26)4-12(3-10)20(27,28)29)35-17(34)33(9)6-14-13(21)5-30-16(31-14)32-7-18(22,23)8-32/h2-5,9,15H,6-8H2,1H3/t9?,15-/m0/s1. The van der Waals surface area contributed by atoms with Crippen LogP contribution >= 0.6 is 15.9 Å². The molecule has 0 spiro atoms. The number of alkyl halides is 8. The van der Waals surface area contributed by atoms with Crippen molar-refractivity contribution in [1.29, 1.82) is 0 Å². The van der Waals surface area contributed by atoms with Crippen LogP contribution in [-0.4, -0.2) is 46.0 Å². The average Bonchev–Trinajstić information content (AvgIpc) is 3.00. The third-order valence-corrected chi connectivity index (χ3v) is 6.24. The Bertz CT molecular complexity index is 1120. The predicted molar refractivity (Wildman–Crippen MR) is 108 cm³/mol. The summed E-state index contributed by atoms with van der Waals surface area (Å²) in [5, 5.41) is 0. The highest BCUT2D eigenvalue weighted by molar-refractivity contribution is 9.10. The van der Waals surface area contributed by atoms with E-state index in [4.69, 9.17) is 4.74 Å². The molecule has 0 aliphatic carbocycles. The van der Waals surface area contributed by atoms with Gasteiger partial charge in [0.15, 0.2) is 0 Å². The number of cyclic esters (lactones) is 1. The molecule has 1 aromatic heterocycles. The second-order valence-electron chi connectivity index (χ2n) is 8.19. The first-order valence-electron chi connectivity index (χ1n) is 9.96. The first kappa shape index (κ1) is 25.4. The average molecular weight is 575 g/mol. The minimum absolute atomic E-state index is 0.0124. The van der Waals surface area contributed by atoms with E-state index in [1.807, 2.05) is 0 Å². The van der Waals surface area contributed by atoms with E-state index in [9.17, 15) is 39.9 Å². The summed E-state index contributed by atoms with van der Waals surface area (Å²) in [5.41, 5.74) is -3.34. The lowest BCUT2D eigenvalue weighted by Crippen LogP contribution is -2.57. The zero-order valence-corrected chi connectivity index (χ0v) is 19.2. The van der Waals surface area contributed by atoms with Crippen LogP contribution in [0.1, 0.15) is 35.4 Å². The van der Waals surface area contributed by atoms with Crippen molar-refractivity contribution in [3.8, 4) is 0 Å². The maximum atomic E-state index is 13.2. The molecule has 6 nitrogen and oxygen atoms in total. The molecule has 2 aliphatic rings. The number of anilines is 1. The highest BCUT2D eigenvalue weighted by atomic mass is 79.9. The molecule has 3 heterocycles. The Morgan fingerprint density at radius 3 is 2.17 bits per heavy atom. The summed E-state index contributed by atoms with van der Waals surface area (Å²) in [6.45, 7) is -0.0399. The summed E-state index contributed by atoms with van der Waals surface area (Å²) in [7, 11) is 0. The van der Waals surface area contributed by atoms with Gasteiger partial charge in [-0.1, -0.05) is 0 Å². The zero-order valence-electron chi connectivity index (χ0n) is 17.6. The Labute approximate surface area is 201 Å². The summed E-state index contributed by atoms with van der Waals surface area (Å²) in [4.78, 5) is 22.9. The van der Waals surface area contributed by atoms with E-state index in [-0.39, 0.29) is 24.3 Å². The zero-order chi connectivity index (χ0) is 25.9. The summed E-state index contributed by atoms with van der Waals surface area (Å²) in [6, 6.07) is 0.0266. The summed E-state index contributed by atoms with van der Waals surface area (Å²) in [6.07, 6.45) is -11.2. The molecule has 1 aromatic carbocycles. The maximum absolute atomic E-state index is 13.2. The molecule has 15 heteroatoms. The molecule has 0 saturated carbocycles. The van der Waals surface area contributed by atoms with Gasteiger partial charge in [-0.3, -0.25) is 4.90 Å². The fraction of sp³-hybridized carbons (Fsp3) is 0.450. The van der Waals surface area contributed by atoms with Gasteiger partial charge in [0.25, 0.3) is 5.92 Å². The van der Waals surface area contributed by atoms with Crippen LogP contribution in [0.15, 0.2) is 28.9 Å². The maximum Gasteiger partial charge on any atom is 0.416 e. The molecule has 2 fully saturated rings. The minimum atomic E-state index is -5.06. The third-order valence-electron chi connectivity index (χ3n) is 5.58. The predicted octanol–water partition coefficient (Wildman–Crippen LogP) is 5.81. The molecule has 0 radical (unpaired) electrons. The molecule has 4 rings (SSSR count). The lowest BCUT2D eigenvalue weighted by atomic mass is 9.97. The molecule has 2 aromatic rings. The van der Waals surface area contributed by atoms with Crippen molar-refractivity contribution in [2.24, 2.45) is 0 Å². The van der Waals surface area contributed by atoms with E-state index in [1.54, 1.807) is 0 Å². The fourth-order valence-electron chi connectivity index (χ4n) is 3.77. The van der Waals surface area contributed by atoms with Crippen LogP contribution in [0, 0.1) is 0 Å². The van der Waals surface area contributed by atoms with Gasteiger partial charge in [-0.05, 0) is 46.6 Å². The van der Waals surface area contributed by atoms with Gasteiger partial charge in [0.1, 0.15) is 6.10 Å². The number of halogens is 9. The largest absolute Gasteiger partial charge is 0.439 e. The van der Waals surface area contributed by atoms with Crippen LogP contribution < -0.4 is 4.90 Å². The Kier molecular flexibility index (Phi) is 6.13. The molecule has 0 N–H and O–H groups in total. The Hall–Kier alpha value is -2.71. The number of aromatic nitrogens is 2. The van der Waals surface area contributed by atoms with Gasteiger partial charge in [-0.2, -0.15) is 26.3 Å². The Morgan fingerprint density at radius 2 is 1.66 bits per heavy atom. The van der Waals surface area contributed by atoms with Crippen molar-refractivity contribution in [3.05, 3.63) is 51.3 Å². The van der Waals surface area contributed by atoms with Crippen molar-refractivity contribution in [2.45, 2.75) is 43.9 Å². The molecule has 1 unspecified atom stereocenters. The lowest BCUT2D eigenvalue weighted by Gasteiger charge is -2.38. The monoisotopic (exact) mass is 574 g/mol. The van der Waals surface area contributed by atoms with E-state index < -0.39 is 66.3 Å². The van der Waals surface area contributed by atoms with E-state index in [0.717, 1.165) is 4.90 Å². The molecule has 2 atom stereocenters. The second kappa shape index (κ2) is 8.45. The molecule has 2 aliphatic heterocycles. The van der Waals surface area contributed by atoms with E-state index in [1.165, 1.54) is 18.0 Å². The van der Waals surface area contributed by atoms with Crippen molar-refractivity contribution >= 4 is 28.0 Å². The highest BCUT2D eigenvalue weighted by Gasteiger charge is 2.46. The first-order chi connectivity index (χ1) is 16.0. The molecular formula is C20H15BrF8N4O2. The van der Waals surface area contributed by atoms with Gasteiger partial charge in [0.05, 0.1) is 47.0 Å². The third kappa shape index (κ3) is 5.14. The number of carbonyl (C=O) groups is 1. The highest BCUT2D eigenvalue weighted by Crippen LogP contribution is 2.41. The molecule has 35 heavy (non-hydrogen) atoms. The summed E-state index contributed by atoms with van der Waals surface area (Å²) < 4.78 is 111. The summed E-state index contributed by atoms with van der Waals surface area (Å²) >= 11 is 3.19. The molecule has 190 valence electrons. The number of amides is 1. The number of benzene rings is 1. The topological polar surface area (TPSA) is 58.6 Å². The number of nitrogens with zero attached hydrogens (tertiary/aromatic N) is 4. The number of rotatable bonds is 4. The van der Waals surface area contributed by atoms with Gasteiger partial charge in [0.2, 0.25) is 5.95 Å². The Balaban J connectivity index is 1.61. The minimum Gasteiger partial charge on any atom is -0.439 e. The van der Waals surface area contributed by atoms with Crippen molar-refractivity contribution in [1.82, 2.24) is 14.9 Å². The molecule has 1 amide bonds. The number of hydrogen-bond acceptors (Lipinski definition) is 5. The van der Waals surface area contributed by atoms with Crippen molar-refractivity contribution in [3.63, 3.8) is 0 Å². The molecule has 2 saturated heterocycles. The fourth-order valence-corrected chi connectivity index (χ4v) is 4.09. The molecule has 0 bridgehead atoms. The quantitative estimate of drug-likeness (QED) is 0.431. The van der Waals surface area contributed by atoms with Crippen LogP contribution in [0.5, 0.6) is 0 Å². The Morgan fingerprint density at radius 1 is 1.09 bits per heavy atom. The van der Waals surface area contributed by atoms with Gasteiger partial charge in [0, 0.05) is 6.20 Å². The number of hydrogen-bond donors (Lipinski definition) is 0. The first-order valence-corrected chi connectivity index (χ1v) is 10.8. The van der Waals surface area contributed by atoms with Crippen molar-refractivity contribution in [2.75, 3.05) is 18.0 Å². The van der Waals surface area contributed by atoms with Crippen LogP contribution in [0.2, 0.25) is 0 Å². The molecular weight excluding hydrogens is 560 g/mol. The summed E-state index contributed by atoms with van der Waals surface area (Å²) in [5.74, 6) is -2.89. The SMILES string of the molecule is CC1[C@@H](c2cc(C(F)(F)F)cc(C(F)(F)F)c2)OC(=O)N1Cc1nc(N2CC(F)(F)C2)ncc1Br. The van der Waals surface area contributed by atoms with Crippen LogP contribution in [0.4, 0.5) is 45.9 Å². The van der Waals surface area contributed by atoms with Crippen LogP contribution in [0.25, 0.3) is 0 Å². The van der Waals surface area contributed by atoms with Crippen LogP contribution in [0.3, 0.4) is 0 Å². The normalized spacial score (nSPS) is 22.3. The van der Waals surface area contributed by atoms with Crippen LogP contribution in [-0.2, 0) is 23.6 Å². The van der Waals surface area contributed by atoms with Gasteiger partial charge in [-0.25, -0.2) is 23.5 Å². The van der Waals surface area contributed by atoms with Gasteiger partial charge >= 0.3 is 18.4 Å². The van der Waals surface area contributed by atoms with Crippen molar-refractivity contribution < 1.29 is 44.7 Å². The number of carbonyl (C=O) groups excluding carboxylic acids is 1. The lowest BCUT2D eigenvalue weighted by molar-refractivity contribution is -0.143. The van der Waals surface area contributed by atoms with E-state index >= 15 is 0 Å². The van der Waals surface area contributed by atoms with Gasteiger partial charge < -0.3 is 9.64 Å². The number of ether oxygens (including phenoxy) is 1. The van der Waals surface area contributed by atoms with E-state index in [0.29, 0.717) is 16.6 Å². The second-order valence-corrected chi connectivity index (χ2v) is 9.04. The van der Waals surface area contributed by atoms with Gasteiger partial charge in [-0.15, -0.1) is 0 Å². The van der Waals surface area contributed by atoms with E-state index in [2.05, 4.69) is 25.9 Å².